The lowest BCUT2D eigenvalue weighted by atomic mass is 9.89. The highest BCUT2D eigenvalue weighted by Gasteiger charge is 2.34. The number of allylic oxidation sites excluding steroid dienone is 1. The van der Waals surface area contributed by atoms with E-state index in [2.05, 4.69) is 98.6 Å². The molecule has 0 saturated carbocycles. The lowest BCUT2D eigenvalue weighted by Crippen LogP contribution is -2.25. The molecule has 0 bridgehead atoms. The van der Waals surface area contributed by atoms with E-state index in [0.29, 0.717) is 0 Å². The van der Waals surface area contributed by atoms with Crippen molar-refractivity contribution in [3.63, 3.8) is 0 Å². The molecular weight excluding hydrogens is 488 g/mol. The summed E-state index contributed by atoms with van der Waals surface area (Å²) in [6.45, 7) is 0. The molecule has 0 spiro atoms. The van der Waals surface area contributed by atoms with Crippen LogP contribution in [0.2, 0.25) is 0 Å². The average Bonchev–Trinajstić information content (AvgIpc) is 2.74. The molecule has 1 nitrogen and oxygen atoms in total. The molecule has 6 rings (SSSR count). The molecule has 0 radical (unpaired) electrons. The van der Waals surface area contributed by atoms with E-state index in [0.717, 1.165) is 16.5 Å². The molecule has 0 N–H and O–H groups in total. The first-order chi connectivity index (χ1) is 14.0. The van der Waals surface area contributed by atoms with Crippen molar-refractivity contribution >= 4 is 86.8 Å². The molecule has 29 heavy (non-hydrogen) atoms. The first-order valence-corrected chi connectivity index (χ1v) is 11.0. The van der Waals surface area contributed by atoms with Crippen LogP contribution in [0.5, 0.6) is 0 Å². The van der Waals surface area contributed by atoms with Gasteiger partial charge in [-0.3, -0.25) is 4.79 Å². The highest BCUT2D eigenvalue weighted by Crippen LogP contribution is 2.40. The molecule has 5 aromatic carbocycles. The van der Waals surface area contributed by atoms with E-state index < -0.39 is 3.23 Å². The molecule has 0 aliphatic heterocycles. The number of hydrogen-bond acceptors (Lipinski definition) is 1. The Kier molecular flexibility index (Phi) is 3.60. The highest BCUT2D eigenvalue weighted by molar-refractivity contribution is 9.26. The summed E-state index contributed by atoms with van der Waals surface area (Å²) in [5, 5.41) is 9.70. The van der Waals surface area contributed by atoms with Crippen molar-refractivity contribution in [2.24, 2.45) is 0 Å². The molecule has 0 fully saturated rings. The van der Waals surface area contributed by atoms with Crippen LogP contribution in [0.1, 0.15) is 15.9 Å². The lowest BCUT2D eigenvalue weighted by molar-refractivity contribution is 0.0994. The summed E-state index contributed by atoms with van der Waals surface area (Å²) in [5.74, 6) is 0.0296. The predicted octanol–water partition coefficient (Wildman–Crippen LogP) is 8.00. The van der Waals surface area contributed by atoms with Crippen LogP contribution in [-0.4, -0.2) is 9.02 Å². The Bertz CT molecular complexity index is 1540. The fourth-order valence-corrected chi connectivity index (χ4v) is 5.10. The highest BCUT2D eigenvalue weighted by atomic mass is 79.9. The van der Waals surface area contributed by atoms with Crippen molar-refractivity contribution < 1.29 is 4.79 Å². The number of halogens is 2. The number of benzene rings is 5. The van der Waals surface area contributed by atoms with E-state index in [1.165, 1.54) is 37.7 Å². The third kappa shape index (κ3) is 2.54. The predicted molar refractivity (Wildman–Crippen MR) is 130 cm³/mol. The number of hydrogen-bond donors (Lipinski definition) is 0. The summed E-state index contributed by atoms with van der Waals surface area (Å²) < 4.78 is -0.811. The van der Waals surface area contributed by atoms with Gasteiger partial charge in [0, 0.05) is 5.56 Å². The van der Waals surface area contributed by atoms with E-state index in [-0.39, 0.29) is 5.78 Å². The molecule has 0 amide bonds. The van der Waals surface area contributed by atoms with Crippen LogP contribution in [-0.2, 0) is 0 Å². The molecule has 1 aliphatic carbocycles. The normalized spacial score (nSPS) is 15.4. The van der Waals surface area contributed by atoms with E-state index >= 15 is 0 Å². The maximum Gasteiger partial charge on any atom is 0.194 e. The zero-order chi connectivity index (χ0) is 19.8. The molecule has 0 aromatic heterocycles. The smallest absolute Gasteiger partial charge is 0.194 e. The van der Waals surface area contributed by atoms with Crippen LogP contribution >= 0.6 is 31.9 Å². The van der Waals surface area contributed by atoms with E-state index in [1.54, 1.807) is 0 Å². The molecule has 1 aliphatic rings. The summed E-state index contributed by atoms with van der Waals surface area (Å²) in [6, 6.07) is 25.9. The molecule has 0 heterocycles. The van der Waals surface area contributed by atoms with Gasteiger partial charge in [-0.1, -0.05) is 86.5 Å². The third-order valence-corrected chi connectivity index (χ3v) is 7.14. The van der Waals surface area contributed by atoms with Gasteiger partial charge in [0.2, 0.25) is 0 Å². The first kappa shape index (κ1) is 17.4. The van der Waals surface area contributed by atoms with Gasteiger partial charge in [-0.25, -0.2) is 0 Å². The second-order valence-electron chi connectivity index (χ2n) is 7.59. The van der Waals surface area contributed by atoms with Gasteiger partial charge in [0.15, 0.2) is 9.02 Å². The quantitative estimate of drug-likeness (QED) is 0.119. The molecule has 138 valence electrons. The summed E-state index contributed by atoms with van der Waals surface area (Å²) >= 11 is 6.92. The average molecular weight is 502 g/mol. The van der Waals surface area contributed by atoms with Crippen LogP contribution in [0.15, 0.2) is 78.9 Å². The van der Waals surface area contributed by atoms with Crippen molar-refractivity contribution in [3.05, 3.63) is 90.0 Å². The van der Waals surface area contributed by atoms with E-state index in [1.807, 2.05) is 18.2 Å². The van der Waals surface area contributed by atoms with Gasteiger partial charge in [0.25, 0.3) is 0 Å². The van der Waals surface area contributed by atoms with Crippen LogP contribution in [0, 0.1) is 0 Å². The molecule has 0 saturated heterocycles. The zero-order valence-corrected chi connectivity index (χ0v) is 18.4. The largest absolute Gasteiger partial charge is 0.291 e. The van der Waals surface area contributed by atoms with Gasteiger partial charge >= 0.3 is 0 Å². The third-order valence-electron chi connectivity index (χ3n) is 5.89. The lowest BCUT2D eigenvalue weighted by Gasteiger charge is -2.21. The number of rotatable bonds is 0. The summed E-state index contributed by atoms with van der Waals surface area (Å²) in [6.07, 6.45) is 3.86. The van der Waals surface area contributed by atoms with E-state index in [4.69, 9.17) is 0 Å². The van der Waals surface area contributed by atoms with Crippen molar-refractivity contribution in [3.8, 4) is 0 Å². The first-order valence-electron chi connectivity index (χ1n) is 9.45. The standard InChI is InChI=1S/C26H14Br2O/c27-26(28)10-9-19-13-23-18(14-24(19)25(26)29)6-8-20-21(23)7-5-17-11-15-3-1-2-4-16(15)12-22(17)20/h1-14H. The van der Waals surface area contributed by atoms with Crippen LogP contribution in [0.4, 0.5) is 0 Å². The Morgan fingerprint density at radius 2 is 1.24 bits per heavy atom. The van der Waals surface area contributed by atoms with Crippen molar-refractivity contribution in [2.75, 3.05) is 0 Å². The number of ketones is 1. The topological polar surface area (TPSA) is 17.1 Å². The number of Topliss-reactive ketones (excluding diaryl/α,β-unsaturated/α-hetero) is 1. The van der Waals surface area contributed by atoms with Gasteiger partial charge in [0.05, 0.1) is 0 Å². The van der Waals surface area contributed by atoms with Crippen LogP contribution in [0.25, 0.3) is 49.2 Å². The minimum Gasteiger partial charge on any atom is -0.291 e. The Labute approximate surface area is 184 Å². The summed E-state index contributed by atoms with van der Waals surface area (Å²) in [5.41, 5.74) is 1.70. The Morgan fingerprint density at radius 3 is 1.97 bits per heavy atom. The molecule has 0 atom stereocenters. The van der Waals surface area contributed by atoms with Gasteiger partial charge in [-0.2, -0.15) is 0 Å². The summed E-state index contributed by atoms with van der Waals surface area (Å²) in [7, 11) is 0. The maximum absolute atomic E-state index is 12.8. The molecular formula is C26H14Br2O. The Hall–Kier alpha value is -2.49. The van der Waals surface area contributed by atoms with E-state index in [9.17, 15) is 4.79 Å². The number of fused-ring (bicyclic) bond motifs is 7. The number of alkyl halides is 2. The minimum absolute atomic E-state index is 0.0296. The zero-order valence-electron chi connectivity index (χ0n) is 15.2. The molecule has 5 aromatic rings. The number of carbonyl (C=O) groups excluding carboxylic acids is 1. The Balaban J connectivity index is 1.70. The number of carbonyl (C=O) groups is 1. The Morgan fingerprint density at radius 1 is 0.621 bits per heavy atom. The molecule has 3 heteroatoms. The van der Waals surface area contributed by atoms with Gasteiger partial charge < -0.3 is 0 Å². The second kappa shape index (κ2) is 6.01. The van der Waals surface area contributed by atoms with Crippen molar-refractivity contribution in [1.29, 1.82) is 0 Å². The van der Waals surface area contributed by atoms with Gasteiger partial charge in [0.1, 0.15) is 0 Å². The second-order valence-corrected chi connectivity index (χ2v) is 11.2. The SMILES string of the molecule is O=C1c2cc3ccc4c5cc6ccccc6cc5ccc4c3cc2C=CC1(Br)Br. The van der Waals surface area contributed by atoms with Gasteiger partial charge in [-0.15, -0.1) is 0 Å². The van der Waals surface area contributed by atoms with Crippen LogP contribution < -0.4 is 0 Å². The van der Waals surface area contributed by atoms with Crippen molar-refractivity contribution in [1.82, 2.24) is 0 Å². The maximum atomic E-state index is 12.8. The van der Waals surface area contributed by atoms with Gasteiger partial charge in [-0.05, 0) is 79.0 Å². The minimum atomic E-state index is -0.811. The molecule has 0 unspecified atom stereocenters. The monoisotopic (exact) mass is 500 g/mol. The fourth-order valence-electron chi connectivity index (χ4n) is 4.41. The van der Waals surface area contributed by atoms with Crippen LogP contribution in [0.3, 0.4) is 0 Å². The van der Waals surface area contributed by atoms with Crippen molar-refractivity contribution in [2.45, 2.75) is 3.23 Å². The summed E-state index contributed by atoms with van der Waals surface area (Å²) in [4.78, 5) is 12.8. The fraction of sp³-hybridized carbons (Fsp3) is 0.0385.